The molecule has 0 bridgehead atoms. The number of sulfonamides is 1. The topological polar surface area (TPSA) is 118 Å². The van der Waals surface area contributed by atoms with Crippen LogP contribution in [-0.4, -0.2) is 25.3 Å². The lowest BCUT2D eigenvalue weighted by Crippen LogP contribution is -2.26. The molecule has 28 heavy (non-hydrogen) atoms. The summed E-state index contributed by atoms with van der Waals surface area (Å²) in [5.74, 6) is -1.51. The molecule has 0 aromatic heterocycles. The molecule has 3 rings (SSSR count). The van der Waals surface area contributed by atoms with E-state index in [1.807, 2.05) is 0 Å². The number of carbonyl (C=O) groups excluding carboxylic acids is 1. The predicted octanol–water partition coefficient (Wildman–Crippen LogP) is 2.41. The first-order valence-corrected chi connectivity index (χ1v) is 9.99. The van der Waals surface area contributed by atoms with Crippen molar-refractivity contribution in [2.24, 2.45) is 0 Å². The number of hydrogen-bond donors (Lipinski definition) is 2. The molecule has 0 saturated heterocycles. The van der Waals surface area contributed by atoms with E-state index in [2.05, 4.69) is 10.0 Å². The number of nitro groups is 1. The van der Waals surface area contributed by atoms with Crippen LogP contribution in [0.5, 0.6) is 0 Å². The smallest absolute Gasteiger partial charge is 0.276 e. The van der Waals surface area contributed by atoms with Crippen molar-refractivity contribution < 1.29 is 22.5 Å². The summed E-state index contributed by atoms with van der Waals surface area (Å²) in [7, 11) is -3.55. The Labute approximate surface area is 161 Å². The Morgan fingerprint density at radius 1 is 1.25 bits per heavy atom. The Bertz CT molecular complexity index is 1030. The van der Waals surface area contributed by atoms with Gasteiger partial charge in [-0.25, -0.2) is 17.5 Å². The van der Waals surface area contributed by atoms with E-state index in [0.29, 0.717) is 5.56 Å². The summed E-state index contributed by atoms with van der Waals surface area (Å²) in [6.07, 6.45) is 1.67. The number of hydrogen-bond acceptors (Lipinski definition) is 5. The largest absolute Gasteiger partial charge is 0.348 e. The lowest BCUT2D eigenvalue weighted by molar-refractivity contribution is -0.385. The molecule has 148 valence electrons. The summed E-state index contributed by atoms with van der Waals surface area (Å²) in [5, 5.41) is 13.5. The first-order valence-electron chi connectivity index (χ1n) is 8.51. The molecular formula is C18H18FN3O5S. The predicted molar refractivity (Wildman–Crippen MR) is 98.7 cm³/mol. The van der Waals surface area contributed by atoms with E-state index < -0.39 is 32.4 Å². The second-order valence-electron chi connectivity index (χ2n) is 6.58. The second-order valence-corrected chi connectivity index (χ2v) is 8.30. The number of rotatable bonds is 7. The molecule has 0 heterocycles. The van der Waals surface area contributed by atoms with Gasteiger partial charge in [0.1, 0.15) is 5.82 Å². The van der Waals surface area contributed by atoms with Crippen LogP contribution in [0, 0.1) is 22.9 Å². The minimum Gasteiger partial charge on any atom is -0.348 e. The standard InChI is InChI=1S/C18H18FN3O5S/c1-11-16(19)8-13(9-17(11)22(24)25)18(23)20-10-12-2-6-15(7-3-12)28(26,27)21-14-4-5-14/h2-3,6-9,14,21H,4-5,10H2,1H3,(H,20,23). The molecular weight excluding hydrogens is 389 g/mol. The number of nitrogens with one attached hydrogen (secondary N) is 2. The number of nitrogens with zero attached hydrogens (tertiary/aromatic N) is 1. The molecule has 2 N–H and O–H groups in total. The van der Waals surface area contributed by atoms with Crippen molar-refractivity contribution in [3.8, 4) is 0 Å². The molecule has 0 aliphatic heterocycles. The van der Waals surface area contributed by atoms with Crippen molar-refractivity contribution in [2.75, 3.05) is 0 Å². The van der Waals surface area contributed by atoms with Gasteiger partial charge in [0.25, 0.3) is 11.6 Å². The van der Waals surface area contributed by atoms with Crippen LogP contribution in [0.3, 0.4) is 0 Å². The van der Waals surface area contributed by atoms with Crippen molar-refractivity contribution in [2.45, 2.75) is 37.2 Å². The monoisotopic (exact) mass is 407 g/mol. The Morgan fingerprint density at radius 3 is 2.46 bits per heavy atom. The quantitative estimate of drug-likeness (QED) is 0.540. The van der Waals surface area contributed by atoms with Crippen LogP contribution in [0.1, 0.15) is 34.3 Å². The SMILES string of the molecule is Cc1c(F)cc(C(=O)NCc2ccc(S(=O)(=O)NC3CC3)cc2)cc1[N+](=O)[O-]. The molecule has 1 fully saturated rings. The van der Waals surface area contributed by atoms with Gasteiger partial charge in [-0.1, -0.05) is 12.1 Å². The fourth-order valence-corrected chi connectivity index (χ4v) is 3.85. The van der Waals surface area contributed by atoms with Gasteiger partial charge in [-0.3, -0.25) is 14.9 Å². The van der Waals surface area contributed by atoms with Crippen molar-refractivity contribution in [1.82, 2.24) is 10.0 Å². The summed E-state index contributed by atoms with van der Waals surface area (Å²) in [5.41, 5.74) is -0.149. The first-order chi connectivity index (χ1) is 13.2. The zero-order valence-corrected chi connectivity index (χ0v) is 15.8. The molecule has 2 aromatic rings. The van der Waals surface area contributed by atoms with Crippen LogP contribution in [0.15, 0.2) is 41.3 Å². The van der Waals surface area contributed by atoms with Crippen molar-refractivity contribution in [3.63, 3.8) is 0 Å². The van der Waals surface area contributed by atoms with Crippen LogP contribution >= 0.6 is 0 Å². The Balaban J connectivity index is 1.67. The van der Waals surface area contributed by atoms with Gasteiger partial charge in [-0.05, 0) is 43.5 Å². The molecule has 1 amide bonds. The lowest BCUT2D eigenvalue weighted by Gasteiger charge is -2.09. The molecule has 0 radical (unpaired) electrons. The van der Waals surface area contributed by atoms with Gasteiger partial charge < -0.3 is 5.32 Å². The second kappa shape index (κ2) is 7.64. The molecule has 1 aliphatic carbocycles. The molecule has 2 aromatic carbocycles. The van der Waals surface area contributed by atoms with E-state index in [9.17, 15) is 27.7 Å². The first kappa shape index (κ1) is 19.9. The van der Waals surface area contributed by atoms with Crippen LogP contribution in [0.4, 0.5) is 10.1 Å². The zero-order chi connectivity index (χ0) is 20.5. The van der Waals surface area contributed by atoms with Gasteiger partial charge in [-0.2, -0.15) is 0 Å². The van der Waals surface area contributed by atoms with Gasteiger partial charge in [0, 0.05) is 24.2 Å². The number of carbonyl (C=O) groups is 1. The van der Waals surface area contributed by atoms with Gasteiger partial charge >= 0.3 is 0 Å². The molecule has 0 unspecified atom stereocenters. The zero-order valence-electron chi connectivity index (χ0n) is 14.9. The fourth-order valence-electron chi connectivity index (χ4n) is 2.54. The average Bonchev–Trinajstić information content (AvgIpc) is 3.45. The Hall–Kier alpha value is -2.85. The van der Waals surface area contributed by atoms with Crippen LogP contribution in [0.25, 0.3) is 0 Å². The third-order valence-electron chi connectivity index (χ3n) is 4.36. The van der Waals surface area contributed by atoms with E-state index >= 15 is 0 Å². The van der Waals surface area contributed by atoms with E-state index in [0.717, 1.165) is 25.0 Å². The molecule has 0 atom stereocenters. The summed E-state index contributed by atoms with van der Waals surface area (Å²) < 4.78 is 40.6. The highest BCUT2D eigenvalue weighted by Crippen LogP contribution is 2.23. The Morgan fingerprint density at radius 2 is 1.89 bits per heavy atom. The lowest BCUT2D eigenvalue weighted by atomic mass is 10.1. The third-order valence-corrected chi connectivity index (χ3v) is 5.90. The van der Waals surface area contributed by atoms with E-state index in [1.54, 1.807) is 12.1 Å². The van der Waals surface area contributed by atoms with E-state index in [4.69, 9.17) is 0 Å². The van der Waals surface area contributed by atoms with Crippen molar-refractivity contribution >= 4 is 21.6 Å². The summed E-state index contributed by atoms with van der Waals surface area (Å²) in [4.78, 5) is 22.6. The maximum Gasteiger partial charge on any atom is 0.276 e. The number of halogens is 1. The fraction of sp³-hybridized carbons (Fsp3) is 0.278. The molecule has 0 spiro atoms. The summed E-state index contributed by atoms with van der Waals surface area (Å²) in [6.45, 7) is 1.32. The average molecular weight is 407 g/mol. The molecule has 10 heteroatoms. The van der Waals surface area contributed by atoms with E-state index in [-0.39, 0.29) is 28.6 Å². The minimum absolute atomic E-state index is 0.00271. The van der Waals surface area contributed by atoms with Gasteiger partial charge in [0.05, 0.1) is 15.4 Å². The number of nitro benzene ring substituents is 1. The maximum absolute atomic E-state index is 13.8. The van der Waals surface area contributed by atoms with Crippen LogP contribution < -0.4 is 10.0 Å². The van der Waals surface area contributed by atoms with Gasteiger partial charge in [-0.15, -0.1) is 0 Å². The highest BCUT2D eigenvalue weighted by molar-refractivity contribution is 7.89. The maximum atomic E-state index is 13.8. The van der Waals surface area contributed by atoms with Crippen molar-refractivity contribution in [1.29, 1.82) is 0 Å². The minimum atomic E-state index is -3.55. The number of amides is 1. The molecule has 8 nitrogen and oxygen atoms in total. The molecule has 1 aliphatic rings. The summed E-state index contributed by atoms with van der Waals surface area (Å²) >= 11 is 0. The highest BCUT2D eigenvalue weighted by Gasteiger charge is 2.27. The number of benzene rings is 2. The normalized spacial score (nSPS) is 13.9. The van der Waals surface area contributed by atoms with Crippen molar-refractivity contribution in [3.05, 3.63) is 69.0 Å². The van der Waals surface area contributed by atoms with Crippen LogP contribution in [0.2, 0.25) is 0 Å². The van der Waals surface area contributed by atoms with Crippen LogP contribution in [-0.2, 0) is 16.6 Å². The van der Waals surface area contributed by atoms with Gasteiger partial charge in [0.15, 0.2) is 0 Å². The highest BCUT2D eigenvalue weighted by atomic mass is 32.2. The van der Waals surface area contributed by atoms with Gasteiger partial charge in [0.2, 0.25) is 10.0 Å². The third kappa shape index (κ3) is 4.52. The Kier molecular flexibility index (Phi) is 5.43. The van der Waals surface area contributed by atoms with E-state index in [1.165, 1.54) is 19.1 Å². The molecule has 1 saturated carbocycles. The summed E-state index contributed by atoms with van der Waals surface area (Å²) in [6, 6.07) is 7.94.